The van der Waals surface area contributed by atoms with Crippen LogP contribution in [-0.4, -0.2) is 25.9 Å². The maximum atomic E-state index is 14.1. The summed E-state index contributed by atoms with van der Waals surface area (Å²) in [6, 6.07) is 13.7. The zero-order valence-electron chi connectivity index (χ0n) is 19.5. The minimum absolute atomic E-state index is 0. The molecule has 0 radical (unpaired) electrons. The average Bonchev–Trinajstić information content (AvgIpc) is 3.35. The third-order valence-corrected chi connectivity index (χ3v) is 7.47. The lowest BCUT2D eigenvalue weighted by Gasteiger charge is -2.32. The van der Waals surface area contributed by atoms with Gasteiger partial charge in [-0.2, -0.15) is 10.2 Å². The first-order valence-corrected chi connectivity index (χ1v) is 11.7. The number of hydrogen-bond donors (Lipinski definition) is 2. The summed E-state index contributed by atoms with van der Waals surface area (Å²) in [6.07, 6.45) is 6.80. The highest BCUT2D eigenvalue weighted by atomic mass is 35.5. The van der Waals surface area contributed by atoms with Gasteiger partial charge < -0.3 is 5.73 Å². The molecule has 1 spiro atoms. The topological polar surface area (TPSA) is 110 Å². The molecule has 2 aromatic carbocycles. The monoisotopic (exact) mass is 490 g/mol. The van der Waals surface area contributed by atoms with E-state index >= 15 is 0 Å². The van der Waals surface area contributed by atoms with Gasteiger partial charge in [0.15, 0.2) is 0 Å². The van der Waals surface area contributed by atoms with Crippen LogP contribution in [-0.2, 0) is 23.8 Å². The Labute approximate surface area is 208 Å². The zero-order chi connectivity index (χ0) is 23.4. The van der Waals surface area contributed by atoms with Gasteiger partial charge in [-0.05, 0) is 42.2 Å². The zero-order valence-corrected chi connectivity index (χ0v) is 20.3. The largest absolute Gasteiger partial charge is 0.325 e. The van der Waals surface area contributed by atoms with Crippen LogP contribution in [0.15, 0.2) is 53.5 Å². The number of rotatable bonds is 3. The lowest BCUT2D eigenvalue weighted by Crippen LogP contribution is -2.40. The molecule has 1 aliphatic heterocycles. The summed E-state index contributed by atoms with van der Waals surface area (Å²) >= 11 is 0. The number of nitrogens with two attached hydrogens (primary N) is 1. The second-order valence-electron chi connectivity index (χ2n) is 9.27. The quantitative estimate of drug-likeness (QED) is 0.449. The van der Waals surface area contributed by atoms with Crippen LogP contribution >= 0.6 is 12.4 Å². The normalized spacial score (nSPS) is 16.5. The summed E-state index contributed by atoms with van der Waals surface area (Å²) in [4.78, 5) is 28.3. The number of nitrogens with zero attached hydrogens (tertiary/aromatic N) is 4. The first-order valence-electron chi connectivity index (χ1n) is 11.7. The Morgan fingerprint density at radius 1 is 1.06 bits per heavy atom. The number of fused-ring (bicyclic) bond motifs is 3. The number of aryl methyl sites for hydroxylation is 1. The van der Waals surface area contributed by atoms with Crippen molar-refractivity contribution in [2.45, 2.75) is 44.1 Å². The summed E-state index contributed by atoms with van der Waals surface area (Å²) in [5.41, 5.74) is 9.50. The number of benzene rings is 2. The van der Waals surface area contributed by atoms with Gasteiger partial charge in [0.1, 0.15) is 5.82 Å². The summed E-state index contributed by atoms with van der Waals surface area (Å²) in [5, 5.41) is 12.4. The van der Waals surface area contributed by atoms with E-state index in [9.17, 15) is 9.59 Å². The lowest BCUT2D eigenvalue weighted by molar-refractivity contribution is -0.123. The predicted octanol–water partition coefficient (Wildman–Crippen LogP) is 4.08. The highest BCUT2D eigenvalue weighted by molar-refractivity contribution is 6.14. The minimum atomic E-state index is -0.469. The smallest absolute Gasteiger partial charge is 0.272 e. The minimum Gasteiger partial charge on any atom is -0.325 e. The van der Waals surface area contributed by atoms with Crippen LogP contribution in [0, 0.1) is 0 Å². The van der Waals surface area contributed by atoms with Crippen LogP contribution < -0.4 is 16.2 Å². The number of aromatic nitrogens is 4. The maximum absolute atomic E-state index is 14.1. The van der Waals surface area contributed by atoms with Crippen molar-refractivity contribution in [1.29, 1.82) is 0 Å². The first kappa shape index (κ1) is 23.3. The van der Waals surface area contributed by atoms with Crippen molar-refractivity contribution >= 4 is 40.6 Å². The van der Waals surface area contributed by atoms with Gasteiger partial charge in [0, 0.05) is 24.5 Å². The summed E-state index contributed by atoms with van der Waals surface area (Å²) in [5.74, 6) is 0.853. The molecule has 3 N–H and O–H groups in total. The third kappa shape index (κ3) is 3.31. The molecular weight excluding hydrogens is 464 g/mol. The van der Waals surface area contributed by atoms with Crippen LogP contribution in [0.1, 0.15) is 43.4 Å². The molecule has 1 fully saturated rings. The van der Waals surface area contributed by atoms with Crippen molar-refractivity contribution < 1.29 is 4.79 Å². The molecule has 180 valence electrons. The van der Waals surface area contributed by atoms with E-state index in [-0.39, 0.29) is 30.4 Å². The van der Waals surface area contributed by atoms with Crippen LogP contribution in [0.2, 0.25) is 0 Å². The van der Waals surface area contributed by atoms with E-state index in [2.05, 4.69) is 21.4 Å². The van der Waals surface area contributed by atoms with Gasteiger partial charge in [-0.3, -0.25) is 19.2 Å². The molecule has 0 atom stereocenters. The fraction of sp³-hybridized carbons (Fsp3) is 0.308. The van der Waals surface area contributed by atoms with Gasteiger partial charge in [-0.1, -0.05) is 43.5 Å². The Kier molecular flexibility index (Phi) is 5.73. The number of anilines is 2. The highest BCUT2D eigenvalue weighted by Gasteiger charge is 2.52. The second-order valence-corrected chi connectivity index (χ2v) is 9.27. The Hall–Kier alpha value is -3.49. The van der Waals surface area contributed by atoms with Crippen LogP contribution in [0.3, 0.4) is 0 Å². The Bertz CT molecular complexity index is 1500. The molecule has 3 heterocycles. The molecule has 4 aromatic rings. The van der Waals surface area contributed by atoms with Gasteiger partial charge in [-0.15, -0.1) is 12.4 Å². The fourth-order valence-corrected chi connectivity index (χ4v) is 5.80. The lowest BCUT2D eigenvalue weighted by atomic mass is 9.70. The second kappa shape index (κ2) is 8.62. The van der Waals surface area contributed by atoms with Gasteiger partial charge in [0.25, 0.3) is 5.56 Å². The molecule has 2 aliphatic rings. The molecule has 2 aromatic heterocycles. The molecule has 1 saturated carbocycles. The molecule has 1 aliphatic carbocycles. The van der Waals surface area contributed by atoms with Gasteiger partial charge in [0.2, 0.25) is 5.91 Å². The predicted molar refractivity (Wildman–Crippen MR) is 138 cm³/mol. The molecule has 1 amide bonds. The van der Waals surface area contributed by atoms with Crippen molar-refractivity contribution in [3.63, 3.8) is 0 Å². The number of hydrogen-bond acceptors (Lipinski definition) is 5. The van der Waals surface area contributed by atoms with Crippen LogP contribution in [0.4, 0.5) is 11.5 Å². The molecule has 0 saturated heterocycles. The standard InChI is InChI=1S/C26H26N6O2.ClH/c1-31-24(32-22-8-4-3-7-20(22)26(25(32)34)11-5-2-6-12-26)19(15-28-31)16-9-10-17-18(13-16)21(14-27)29-30-23(17)33;/h3-4,7-10,13,15H,2,5-6,11-12,14,27H2,1H3,(H,30,33);1H. The first-order chi connectivity index (χ1) is 16.5. The van der Waals surface area contributed by atoms with Crippen LogP contribution in [0.5, 0.6) is 0 Å². The van der Waals surface area contributed by atoms with E-state index in [4.69, 9.17) is 5.73 Å². The molecule has 35 heavy (non-hydrogen) atoms. The highest BCUT2D eigenvalue weighted by Crippen LogP contribution is 2.53. The van der Waals surface area contributed by atoms with E-state index in [0.29, 0.717) is 16.5 Å². The summed E-state index contributed by atoms with van der Waals surface area (Å²) < 4.78 is 1.76. The number of carbonyl (C=O) groups excluding carboxylic acids is 1. The maximum Gasteiger partial charge on any atom is 0.272 e. The van der Waals surface area contributed by atoms with Crippen molar-refractivity contribution in [1.82, 2.24) is 20.0 Å². The number of aromatic amines is 1. The van der Waals surface area contributed by atoms with E-state index in [0.717, 1.165) is 53.9 Å². The third-order valence-electron chi connectivity index (χ3n) is 7.47. The average molecular weight is 491 g/mol. The van der Waals surface area contributed by atoms with E-state index < -0.39 is 5.41 Å². The number of halogens is 1. The van der Waals surface area contributed by atoms with Gasteiger partial charge in [-0.25, -0.2) is 5.10 Å². The van der Waals surface area contributed by atoms with Crippen molar-refractivity contribution in [2.24, 2.45) is 12.8 Å². The SMILES string of the molecule is Cl.Cn1ncc(-c2ccc3c(=O)[nH]nc(CN)c3c2)c1N1C(=O)C2(CCCCC2)c2ccccc21. The molecule has 6 rings (SSSR count). The Morgan fingerprint density at radius 2 is 1.83 bits per heavy atom. The number of para-hydroxylation sites is 1. The number of nitrogens with one attached hydrogen (secondary N) is 1. The van der Waals surface area contributed by atoms with Crippen molar-refractivity contribution in [2.75, 3.05) is 4.90 Å². The molecule has 0 bridgehead atoms. The molecular formula is C26H27ClN6O2. The van der Waals surface area contributed by atoms with Crippen LogP contribution in [0.25, 0.3) is 21.9 Å². The van der Waals surface area contributed by atoms with Gasteiger partial charge >= 0.3 is 0 Å². The molecule has 8 nitrogen and oxygen atoms in total. The molecule has 9 heteroatoms. The fourth-order valence-electron chi connectivity index (χ4n) is 5.80. The van der Waals surface area contributed by atoms with E-state index in [1.54, 1.807) is 16.9 Å². The Morgan fingerprint density at radius 3 is 2.60 bits per heavy atom. The van der Waals surface area contributed by atoms with Crippen molar-refractivity contribution in [3.8, 4) is 11.1 Å². The summed E-state index contributed by atoms with van der Waals surface area (Å²) in [6.45, 7) is 0.205. The Balaban J connectivity index is 0.00000253. The number of carbonyl (C=O) groups is 1. The number of H-pyrrole nitrogens is 1. The van der Waals surface area contributed by atoms with E-state index in [1.807, 2.05) is 42.3 Å². The number of amides is 1. The van der Waals surface area contributed by atoms with Gasteiger partial charge in [0.05, 0.1) is 28.4 Å². The van der Waals surface area contributed by atoms with E-state index in [1.165, 1.54) is 6.42 Å². The summed E-state index contributed by atoms with van der Waals surface area (Å²) in [7, 11) is 1.86. The molecule has 0 unspecified atom stereocenters. The van der Waals surface area contributed by atoms with Crippen molar-refractivity contribution in [3.05, 3.63) is 70.3 Å².